The van der Waals surface area contributed by atoms with Gasteiger partial charge >= 0.3 is 6.03 Å². The van der Waals surface area contributed by atoms with Crippen LogP contribution in [0, 0.1) is 9.39 Å². The van der Waals surface area contributed by atoms with E-state index in [1.807, 2.05) is 6.07 Å². The summed E-state index contributed by atoms with van der Waals surface area (Å²) >= 11 is 2.14. The predicted octanol–water partition coefficient (Wildman–Crippen LogP) is 3.53. The molecule has 0 atom stereocenters. The van der Waals surface area contributed by atoms with E-state index in [1.54, 1.807) is 37.5 Å². The van der Waals surface area contributed by atoms with Crippen LogP contribution in [0.1, 0.15) is 11.1 Å². The summed E-state index contributed by atoms with van der Waals surface area (Å²) in [5.41, 5.74) is 1.65. The van der Waals surface area contributed by atoms with Crippen LogP contribution in [0.25, 0.3) is 6.08 Å². The van der Waals surface area contributed by atoms with Crippen LogP contribution in [0.15, 0.2) is 48.2 Å². The third kappa shape index (κ3) is 3.81. The highest BCUT2D eigenvalue weighted by Gasteiger charge is 2.33. The minimum atomic E-state index is -0.496. The van der Waals surface area contributed by atoms with E-state index >= 15 is 0 Å². The molecule has 0 spiro atoms. The zero-order chi connectivity index (χ0) is 18.0. The number of carbonyl (C=O) groups excluding carboxylic acids is 2. The number of amides is 3. The maximum atomic E-state index is 13.0. The summed E-state index contributed by atoms with van der Waals surface area (Å²) in [7, 11) is 1.59. The number of imide groups is 1. The van der Waals surface area contributed by atoms with Gasteiger partial charge in [0.1, 0.15) is 17.3 Å². The Morgan fingerprint density at radius 2 is 1.92 bits per heavy atom. The monoisotopic (exact) mass is 452 g/mol. The van der Waals surface area contributed by atoms with Crippen molar-refractivity contribution in [3.63, 3.8) is 0 Å². The Morgan fingerprint density at radius 1 is 1.20 bits per heavy atom. The molecule has 1 N–H and O–H groups in total. The van der Waals surface area contributed by atoms with E-state index in [1.165, 1.54) is 12.1 Å². The maximum Gasteiger partial charge on any atom is 0.329 e. The van der Waals surface area contributed by atoms with Gasteiger partial charge < -0.3 is 10.1 Å². The molecule has 0 aliphatic carbocycles. The molecule has 7 heteroatoms. The lowest BCUT2D eigenvalue weighted by Gasteiger charge is -2.11. The van der Waals surface area contributed by atoms with Crippen molar-refractivity contribution in [1.82, 2.24) is 10.2 Å². The average molecular weight is 452 g/mol. The fourth-order valence-electron chi connectivity index (χ4n) is 2.43. The second kappa shape index (κ2) is 7.22. The molecule has 25 heavy (non-hydrogen) atoms. The van der Waals surface area contributed by atoms with Gasteiger partial charge in [0.15, 0.2) is 0 Å². The van der Waals surface area contributed by atoms with Gasteiger partial charge in [0.25, 0.3) is 5.91 Å². The number of methoxy groups -OCH3 is 1. The van der Waals surface area contributed by atoms with Crippen LogP contribution < -0.4 is 10.1 Å². The number of ether oxygens (including phenoxy) is 1. The lowest BCUT2D eigenvalue weighted by Crippen LogP contribution is -2.30. The fourth-order valence-corrected chi connectivity index (χ4v) is 3.19. The van der Waals surface area contributed by atoms with Gasteiger partial charge in [-0.15, -0.1) is 0 Å². The summed E-state index contributed by atoms with van der Waals surface area (Å²) in [5, 5.41) is 2.57. The highest BCUT2D eigenvalue weighted by Crippen LogP contribution is 2.24. The summed E-state index contributed by atoms with van der Waals surface area (Å²) in [6, 6.07) is 10.6. The second-order valence-corrected chi connectivity index (χ2v) is 6.56. The minimum Gasteiger partial charge on any atom is -0.496 e. The van der Waals surface area contributed by atoms with Gasteiger partial charge in [-0.1, -0.05) is 18.2 Å². The lowest BCUT2D eigenvalue weighted by molar-refractivity contribution is -0.123. The number of hydrogen-bond donors (Lipinski definition) is 1. The van der Waals surface area contributed by atoms with E-state index in [-0.39, 0.29) is 18.1 Å². The van der Waals surface area contributed by atoms with Gasteiger partial charge in [-0.25, -0.2) is 9.18 Å². The average Bonchev–Trinajstić information content (AvgIpc) is 2.84. The number of hydrogen-bond acceptors (Lipinski definition) is 3. The number of halogens is 2. The van der Waals surface area contributed by atoms with Crippen molar-refractivity contribution in [3.8, 4) is 5.75 Å². The Morgan fingerprint density at radius 3 is 2.56 bits per heavy atom. The standard InChI is InChI=1S/C18H14FIN2O3/c1-25-16-7-4-12(8-14(16)20)9-15-17(23)22(18(24)21-15)10-11-2-5-13(19)6-3-11/h2-9H,10H2,1H3,(H,21,24)/b15-9-. The third-order valence-corrected chi connectivity index (χ3v) is 4.55. The molecular formula is C18H14FIN2O3. The van der Waals surface area contributed by atoms with Crippen LogP contribution in [0.3, 0.4) is 0 Å². The van der Waals surface area contributed by atoms with Crippen molar-refractivity contribution >= 4 is 40.6 Å². The van der Waals surface area contributed by atoms with Crippen molar-refractivity contribution in [2.24, 2.45) is 0 Å². The number of nitrogens with zero attached hydrogens (tertiary/aromatic N) is 1. The quantitative estimate of drug-likeness (QED) is 0.439. The Bertz CT molecular complexity index is 865. The van der Waals surface area contributed by atoms with E-state index in [0.29, 0.717) is 5.56 Å². The first kappa shape index (κ1) is 17.4. The number of urea groups is 1. The molecule has 2 aromatic carbocycles. The van der Waals surface area contributed by atoms with E-state index < -0.39 is 11.9 Å². The Labute approximate surface area is 157 Å². The van der Waals surface area contributed by atoms with Crippen LogP contribution in [0.5, 0.6) is 5.75 Å². The molecule has 3 rings (SSSR count). The van der Waals surface area contributed by atoms with Gasteiger partial charge in [-0.3, -0.25) is 9.69 Å². The number of nitrogens with one attached hydrogen (secondary N) is 1. The van der Waals surface area contributed by atoms with E-state index in [4.69, 9.17) is 4.74 Å². The summed E-state index contributed by atoms with van der Waals surface area (Å²) in [5.74, 6) is -0.0433. The van der Waals surface area contributed by atoms with Crippen molar-refractivity contribution in [2.75, 3.05) is 7.11 Å². The molecule has 1 saturated heterocycles. The van der Waals surface area contributed by atoms with Crippen LogP contribution in [-0.4, -0.2) is 23.9 Å². The first-order chi connectivity index (χ1) is 12.0. The molecule has 0 radical (unpaired) electrons. The SMILES string of the molecule is COc1ccc(/C=C2\NC(=O)N(Cc3ccc(F)cc3)C2=O)cc1I. The van der Waals surface area contributed by atoms with Crippen molar-refractivity contribution in [2.45, 2.75) is 6.54 Å². The van der Waals surface area contributed by atoms with Gasteiger partial charge in [0.2, 0.25) is 0 Å². The Kier molecular flexibility index (Phi) is 5.03. The number of benzene rings is 2. The molecule has 0 bridgehead atoms. The Hall–Kier alpha value is -2.42. The summed E-state index contributed by atoms with van der Waals surface area (Å²) in [6.07, 6.45) is 1.62. The second-order valence-electron chi connectivity index (χ2n) is 5.40. The van der Waals surface area contributed by atoms with Crippen LogP contribution in [0.2, 0.25) is 0 Å². The van der Waals surface area contributed by atoms with Crippen LogP contribution in [0.4, 0.5) is 9.18 Å². The summed E-state index contributed by atoms with van der Waals surface area (Å²) in [6.45, 7) is 0.0857. The normalized spacial score (nSPS) is 15.6. The lowest BCUT2D eigenvalue weighted by atomic mass is 10.1. The molecule has 1 fully saturated rings. The predicted molar refractivity (Wildman–Crippen MR) is 99.2 cm³/mol. The molecule has 2 aromatic rings. The van der Waals surface area contributed by atoms with E-state index in [0.717, 1.165) is 19.8 Å². The zero-order valence-electron chi connectivity index (χ0n) is 13.3. The molecule has 0 aromatic heterocycles. The summed E-state index contributed by atoms with van der Waals surface area (Å²) < 4.78 is 19.1. The van der Waals surface area contributed by atoms with Gasteiger partial charge in [0.05, 0.1) is 17.2 Å². The van der Waals surface area contributed by atoms with Crippen molar-refractivity contribution in [1.29, 1.82) is 0 Å². The molecule has 0 saturated carbocycles. The summed E-state index contributed by atoms with van der Waals surface area (Å²) in [4.78, 5) is 25.6. The first-order valence-corrected chi connectivity index (χ1v) is 8.48. The highest BCUT2D eigenvalue weighted by atomic mass is 127. The first-order valence-electron chi connectivity index (χ1n) is 7.40. The fraction of sp³-hybridized carbons (Fsp3) is 0.111. The van der Waals surface area contributed by atoms with E-state index in [2.05, 4.69) is 27.9 Å². The molecule has 0 unspecified atom stereocenters. The smallest absolute Gasteiger partial charge is 0.329 e. The topological polar surface area (TPSA) is 58.6 Å². The molecule has 5 nitrogen and oxygen atoms in total. The number of rotatable bonds is 4. The third-order valence-electron chi connectivity index (χ3n) is 3.70. The maximum absolute atomic E-state index is 13.0. The molecule has 3 amide bonds. The van der Waals surface area contributed by atoms with E-state index in [9.17, 15) is 14.0 Å². The van der Waals surface area contributed by atoms with Crippen molar-refractivity contribution in [3.05, 3.63) is 68.7 Å². The highest BCUT2D eigenvalue weighted by molar-refractivity contribution is 14.1. The van der Waals surface area contributed by atoms with Gasteiger partial charge in [0, 0.05) is 0 Å². The van der Waals surface area contributed by atoms with Gasteiger partial charge in [-0.05, 0) is 64.1 Å². The minimum absolute atomic E-state index is 0.0857. The Balaban J connectivity index is 1.80. The van der Waals surface area contributed by atoms with Crippen LogP contribution >= 0.6 is 22.6 Å². The largest absolute Gasteiger partial charge is 0.496 e. The molecule has 128 valence electrons. The number of carbonyl (C=O) groups is 2. The molecule has 1 aliphatic heterocycles. The molecular weight excluding hydrogens is 438 g/mol. The van der Waals surface area contributed by atoms with Crippen molar-refractivity contribution < 1.29 is 18.7 Å². The zero-order valence-corrected chi connectivity index (χ0v) is 15.4. The van der Waals surface area contributed by atoms with Crippen LogP contribution in [-0.2, 0) is 11.3 Å². The van der Waals surface area contributed by atoms with Gasteiger partial charge in [-0.2, -0.15) is 0 Å². The molecule has 1 heterocycles. The molecule has 1 aliphatic rings.